The van der Waals surface area contributed by atoms with Crippen molar-refractivity contribution in [3.63, 3.8) is 0 Å². The maximum Gasteiger partial charge on any atom is 0.417 e. The lowest BCUT2D eigenvalue weighted by Crippen LogP contribution is -2.39. The van der Waals surface area contributed by atoms with Gasteiger partial charge in [0, 0.05) is 24.7 Å². The number of fused-ring (bicyclic) bond motifs is 2. The van der Waals surface area contributed by atoms with Crippen LogP contribution in [-0.2, 0) is 13.5 Å². The average molecular weight is 442 g/mol. The van der Waals surface area contributed by atoms with Crippen LogP contribution >= 0.6 is 0 Å². The molecule has 3 heterocycles. The molecule has 0 spiro atoms. The second-order valence-corrected chi connectivity index (χ2v) is 7.71. The largest absolute Gasteiger partial charge is 0.417 e. The molecule has 0 saturated heterocycles. The Labute approximate surface area is 179 Å². The number of hydrogen-bond acceptors (Lipinski definition) is 4. The van der Waals surface area contributed by atoms with Gasteiger partial charge in [0.1, 0.15) is 0 Å². The van der Waals surface area contributed by atoms with Gasteiger partial charge >= 0.3 is 5.76 Å². The summed E-state index contributed by atoms with van der Waals surface area (Å²) < 4.78 is 47.7. The van der Waals surface area contributed by atoms with Gasteiger partial charge in [-0.25, -0.2) is 18.0 Å². The molecule has 10 heteroatoms. The Bertz CT molecular complexity index is 1430. The second-order valence-electron chi connectivity index (χ2n) is 7.71. The van der Waals surface area contributed by atoms with Crippen LogP contribution in [0.15, 0.2) is 39.5 Å². The predicted octanol–water partition coefficient (Wildman–Crippen LogP) is 3.70. The molecule has 164 valence electrons. The monoisotopic (exact) mass is 442 g/mol. The number of aromatic nitrogens is 3. The highest BCUT2D eigenvalue weighted by Crippen LogP contribution is 2.37. The van der Waals surface area contributed by atoms with Gasteiger partial charge in [-0.05, 0) is 37.6 Å². The fraction of sp³-hybridized carbons (Fsp3) is 0.227. The van der Waals surface area contributed by atoms with Gasteiger partial charge in [0.15, 0.2) is 23.0 Å². The van der Waals surface area contributed by atoms with Crippen LogP contribution in [0.1, 0.15) is 34.6 Å². The van der Waals surface area contributed by atoms with Gasteiger partial charge in [0.05, 0.1) is 28.5 Å². The van der Waals surface area contributed by atoms with Crippen LogP contribution in [-0.4, -0.2) is 32.1 Å². The van der Waals surface area contributed by atoms with Crippen molar-refractivity contribution in [2.75, 3.05) is 6.54 Å². The molecule has 32 heavy (non-hydrogen) atoms. The highest BCUT2D eigenvalue weighted by atomic mass is 19.2. The standard InChI is InChI=1S/C22H17F3N4O3/c1-10-18-12(19(28(2)27-18)11-8-14(23)17(25)15(24)9-11)6-7-29(10)21(30)13-4-3-5-16-20(13)32-22(31)26-16/h3-5,8-10H,6-7H2,1-2H3,(H,26,31)/t10-/m0/s1. The van der Waals surface area contributed by atoms with Crippen molar-refractivity contribution in [1.29, 1.82) is 0 Å². The zero-order valence-electron chi connectivity index (χ0n) is 17.1. The third kappa shape index (κ3) is 2.94. The first-order valence-electron chi connectivity index (χ1n) is 9.89. The molecule has 1 atom stereocenters. The summed E-state index contributed by atoms with van der Waals surface area (Å²) >= 11 is 0. The molecule has 2 aromatic heterocycles. The minimum Gasteiger partial charge on any atom is -0.407 e. The van der Waals surface area contributed by atoms with Crippen molar-refractivity contribution in [3.05, 3.63) is 75.2 Å². The van der Waals surface area contributed by atoms with E-state index >= 15 is 0 Å². The first-order valence-corrected chi connectivity index (χ1v) is 9.89. The van der Waals surface area contributed by atoms with Crippen LogP contribution in [0.5, 0.6) is 0 Å². The molecule has 4 aromatic rings. The number of nitrogens with one attached hydrogen (secondary N) is 1. The van der Waals surface area contributed by atoms with Gasteiger partial charge in [-0.3, -0.25) is 14.5 Å². The number of oxazole rings is 1. The Kier molecular flexibility index (Phi) is 4.47. The smallest absolute Gasteiger partial charge is 0.407 e. The molecule has 5 rings (SSSR count). The van der Waals surface area contributed by atoms with Crippen LogP contribution in [0.3, 0.4) is 0 Å². The molecule has 0 bridgehead atoms. The number of amides is 1. The molecule has 2 aromatic carbocycles. The van der Waals surface area contributed by atoms with E-state index in [0.29, 0.717) is 29.9 Å². The zero-order valence-corrected chi connectivity index (χ0v) is 17.1. The Morgan fingerprint density at radius 3 is 2.66 bits per heavy atom. The molecular formula is C22H17F3N4O3. The molecule has 0 radical (unpaired) electrons. The molecule has 1 aliphatic rings. The second kappa shape index (κ2) is 7.11. The topological polar surface area (TPSA) is 84.1 Å². The summed E-state index contributed by atoms with van der Waals surface area (Å²) in [6.07, 6.45) is 0.377. The van der Waals surface area contributed by atoms with E-state index in [1.807, 2.05) is 0 Å². The van der Waals surface area contributed by atoms with Gasteiger partial charge < -0.3 is 9.32 Å². The first-order chi connectivity index (χ1) is 15.3. The van der Waals surface area contributed by atoms with Gasteiger partial charge in [0.2, 0.25) is 0 Å². The van der Waals surface area contributed by atoms with E-state index < -0.39 is 29.2 Å². The summed E-state index contributed by atoms with van der Waals surface area (Å²) in [7, 11) is 1.63. The maximum absolute atomic E-state index is 13.8. The minimum absolute atomic E-state index is 0.170. The van der Waals surface area contributed by atoms with Crippen molar-refractivity contribution in [2.45, 2.75) is 19.4 Å². The molecule has 0 unspecified atom stereocenters. The van der Waals surface area contributed by atoms with Crippen LogP contribution in [0, 0.1) is 17.5 Å². The Morgan fingerprint density at radius 2 is 1.94 bits per heavy atom. The normalized spacial score (nSPS) is 15.9. The van der Waals surface area contributed by atoms with E-state index in [0.717, 1.165) is 17.7 Å². The van der Waals surface area contributed by atoms with E-state index in [4.69, 9.17) is 4.42 Å². The molecular weight excluding hydrogens is 425 g/mol. The summed E-state index contributed by atoms with van der Waals surface area (Å²) in [5.41, 5.74) is 2.80. The van der Waals surface area contributed by atoms with Gasteiger partial charge in [-0.2, -0.15) is 5.10 Å². The number of carbonyl (C=O) groups excluding carboxylic acids is 1. The zero-order chi connectivity index (χ0) is 22.7. The number of rotatable bonds is 2. The third-order valence-electron chi connectivity index (χ3n) is 5.84. The number of aryl methyl sites for hydroxylation is 1. The number of para-hydroxylation sites is 1. The molecule has 0 saturated carbocycles. The average Bonchev–Trinajstić information content (AvgIpc) is 3.30. The summed E-state index contributed by atoms with van der Waals surface area (Å²) in [6.45, 7) is 2.11. The quantitative estimate of drug-likeness (QED) is 0.480. The van der Waals surface area contributed by atoms with Gasteiger partial charge in [0.25, 0.3) is 5.91 Å². The van der Waals surface area contributed by atoms with Crippen molar-refractivity contribution >= 4 is 17.0 Å². The molecule has 7 nitrogen and oxygen atoms in total. The lowest BCUT2D eigenvalue weighted by molar-refractivity contribution is 0.0674. The van der Waals surface area contributed by atoms with Gasteiger partial charge in [-0.15, -0.1) is 0 Å². The Balaban J connectivity index is 1.55. The van der Waals surface area contributed by atoms with Crippen molar-refractivity contribution in [3.8, 4) is 11.3 Å². The number of aromatic amines is 1. The first kappa shape index (κ1) is 20.1. The molecule has 0 fully saturated rings. The van der Waals surface area contributed by atoms with E-state index in [-0.39, 0.29) is 22.6 Å². The van der Waals surface area contributed by atoms with Crippen LogP contribution in [0.2, 0.25) is 0 Å². The van der Waals surface area contributed by atoms with E-state index in [1.54, 1.807) is 37.1 Å². The SMILES string of the molecule is C[C@H]1c2nn(C)c(-c3cc(F)c(F)c(F)c3)c2CCN1C(=O)c1cccc2[nH]c(=O)oc12. The number of halogens is 3. The summed E-state index contributed by atoms with van der Waals surface area (Å²) in [4.78, 5) is 29.0. The van der Waals surface area contributed by atoms with Crippen LogP contribution in [0.4, 0.5) is 13.2 Å². The number of carbonyl (C=O) groups is 1. The lowest BCUT2D eigenvalue weighted by Gasteiger charge is -2.33. The number of hydrogen-bond donors (Lipinski definition) is 1. The predicted molar refractivity (Wildman–Crippen MR) is 109 cm³/mol. The number of nitrogens with zero attached hydrogens (tertiary/aromatic N) is 3. The molecule has 1 amide bonds. The van der Waals surface area contributed by atoms with Crippen molar-refractivity contribution in [1.82, 2.24) is 19.7 Å². The minimum atomic E-state index is -1.53. The van der Waals surface area contributed by atoms with Crippen LogP contribution < -0.4 is 5.76 Å². The highest BCUT2D eigenvalue weighted by Gasteiger charge is 2.34. The Hall–Kier alpha value is -3.82. The molecule has 0 aliphatic carbocycles. The van der Waals surface area contributed by atoms with Crippen molar-refractivity contribution < 1.29 is 22.4 Å². The summed E-state index contributed by atoms with van der Waals surface area (Å²) in [5.74, 6) is -5.07. The Morgan fingerprint density at radius 1 is 1.22 bits per heavy atom. The van der Waals surface area contributed by atoms with Crippen LogP contribution in [0.25, 0.3) is 22.4 Å². The number of H-pyrrole nitrogens is 1. The van der Waals surface area contributed by atoms with E-state index in [1.165, 1.54) is 4.68 Å². The summed E-state index contributed by atoms with van der Waals surface area (Å²) in [6, 6.07) is 6.29. The highest BCUT2D eigenvalue weighted by molar-refractivity contribution is 6.04. The summed E-state index contributed by atoms with van der Waals surface area (Å²) in [5, 5.41) is 4.49. The molecule has 1 N–H and O–H groups in total. The molecule has 1 aliphatic heterocycles. The lowest BCUT2D eigenvalue weighted by atomic mass is 9.95. The van der Waals surface area contributed by atoms with E-state index in [2.05, 4.69) is 10.1 Å². The fourth-order valence-corrected chi connectivity index (χ4v) is 4.37. The van der Waals surface area contributed by atoms with Crippen molar-refractivity contribution in [2.24, 2.45) is 7.05 Å². The third-order valence-corrected chi connectivity index (χ3v) is 5.84. The maximum atomic E-state index is 13.8. The van der Waals surface area contributed by atoms with E-state index in [9.17, 15) is 22.8 Å². The fourth-order valence-electron chi connectivity index (χ4n) is 4.37. The van der Waals surface area contributed by atoms with Gasteiger partial charge in [-0.1, -0.05) is 6.07 Å². The number of benzene rings is 2.